The van der Waals surface area contributed by atoms with Gasteiger partial charge in [0.1, 0.15) is 4.60 Å². The van der Waals surface area contributed by atoms with E-state index in [2.05, 4.69) is 25.6 Å². The standard InChI is InChI=1S/C14H16BrN3O2S/c1-8-6-9(2)14(10(3)13(8)16)21(19,20)18-11-4-5-12(15)17-7-11/h4-7,18H,16H2,1-3H3. The summed E-state index contributed by atoms with van der Waals surface area (Å²) in [6.45, 7) is 5.33. The second-order valence-electron chi connectivity index (χ2n) is 4.85. The van der Waals surface area contributed by atoms with E-state index < -0.39 is 10.0 Å². The molecule has 7 heteroatoms. The van der Waals surface area contributed by atoms with Crippen molar-refractivity contribution in [2.24, 2.45) is 0 Å². The summed E-state index contributed by atoms with van der Waals surface area (Å²) in [5.74, 6) is 0. The molecule has 3 N–H and O–H groups in total. The van der Waals surface area contributed by atoms with Crippen molar-refractivity contribution in [2.75, 3.05) is 10.5 Å². The minimum Gasteiger partial charge on any atom is -0.398 e. The number of nitrogens with two attached hydrogens (primary N) is 1. The van der Waals surface area contributed by atoms with Gasteiger partial charge in [0.05, 0.1) is 16.8 Å². The summed E-state index contributed by atoms with van der Waals surface area (Å²) in [5.41, 5.74) is 8.94. The highest BCUT2D eigenvalue weighted by molar-refractivity contribution is 9.10. The van der Waals surface area contributed by atoms with Crippen molar-refractivity contribution in [3.63, 3.8) is 0 Å². The lowest BCUT2D eigenvalue weighted by Crippen LogP contribution is -2.17. The normalized spacial score (nSPS) is 11.4. The van der Waals surface area contributed by atoms with Crippen LogP contribution in [0.3, 0.4) is 0 Å². The third-order valence-electron chi connectivity index (χ3n) is 3.21. The number of nitrogen functional groups attached to an aromatic ring is 1. The summed E-state index contributed by atoms with van der Waals surface area (Å²) < 4.78 is 28.3. The number of aryl methyl sites for hydroxylation is 2. The van der Waals surface area contributed by atoms with Gasteiger partial charge >= 0.3 is 0 Å². The number of hydrogen-bond acceptors (Lipinski definition) is 4. The molecule has 2 rings (SSSR count). The van der Waals surface area contributed by atoms with E-state index in [-0.39, 0.29) is 4.90 Å². The van der Waals surface area contributed by atoms with Gasteiger partial charge in [0.25, 0.3) is 10.0 Å². The molecule has 2 aromatic rings. The highest BCUT2D eigenvalue weighted by atomic mass is 79.9. The van der Waals surface area contributed by atoms with Crippen LogP contribution in [0, 0.1) is 20.8 Å². The van der Waals surface area contributed by atoms with Crippen molar-refractivity contribution >= 4 is 37.3 Å². The second kappa shape index (κ2) is 5.65. The average molecular weight is 370 g/mol. The van der Waals surface area contributed by atoms with Crippen LogP contribution in [0.2, 0.25) is 0 Å². The van der Waals surface area contributed by atoms with Gasteiger partial charge in [-0.15, -0.1) is 0 Å². The summed E-state index contributed by atoms with van der Waals surface area (Å²) >= 11 is 3.21. The zero-order valence-corrected chi connectivity index (χ0v) is 14.3. The van der Waals surface area contributed by atoms with E-state index in [0.29, 0.717) is 27.1 Å². The lowest BCUT2D eigenvalue weighted by Gasteiger charge is -2.16. The van der Waals surface area contributed by atoms with Gasteiger partial charge in [-0.25, -0.2) is 13.4 Å². The van der Waals surface area contributed by atoms with E-state index in [9.17, 15) is 8.42 Å². The first kappa shape index (κ1) is 15.8. The number of nitrogens with zero attached hydrogens (tertiary/aromatic N) is 1. The Balaban J connectivity index is 2.50. The van der Waals surface area contributed by atoms with Crippen LogP contribution in [-0.4, -0.2) is 13.4 Å². The summed E-state index contributed by atoms with van der Waals surface area (Å²) in [5, 5.41) is 0. The molecule has 1 aromatic carbocycles. The van der Waals surface area contributed by atoms with Crippen molar-refractivity contribution in [3.05, 3.63) is 45.7 Å². The second-order valence-corrected chi connectivity index (χ2v) is 7.28. The minimum absolute atomic E-state index is 0.216. The number of nitrogens with one attached hydrogen (secondary N) is 1. The van der Waals surface area contributed by atoms with Crippen molar-refractivity contribution in [1.82, 2.24) is 4.98 Å². The molecule has 112 valence electrons. The fourth-order valence-electron chi connectivity index (χ4n) is 2.24. The maximum absolute atomic E-state index is 12.6. The molecular formula is C14H16BrN3O2S. The maximum atomic E-state index is 12.6. The average Bonchev–Trinajstić information content (AvgIpc) is 2.38. The van der Waals surface area contributed by atoms with Gasteiger partial charge in [-0.2, -0.15) is 0 Å². The van der Waals surface area contributed by atoms with E-state index in [1.807, 2.05) is 6.92 Å². The van der Waals surface area contributed by atoms with Gasteiger partial charge < -0.3 is 5.73 Å². The number of sulfonamides is 1. The predicted molar refractivity (Wildman–Crippen MR) is 87.8 cm³/mol. The summed E-state index contributed by atoms with van der Waals surface area (Å²) in [4.78, 5) is 4.21. The van der Waals surface area contributed by atoms with Crippen LogP contribution in [-0.2, 0) is 10.0 Å². The van der Waals surface area contributed by atoms with Crippen LogP contribution in [0.5, 0.6) is 0 Å². The first-order valence-corrected chi connectivity index (χ1v) is 8.50. The van der Waals surface area contributed by atoms with Gasteiger partial charge in [-0.1, -0.05) is 6.07 Å². The number of benzene rings is 1. The molecule has 0 aliphatic carbocycles. The molecule has 0 amide bonds. The lowest BCUT2D eigenvalue weighted by atomic mass is 10.1. The molecule has 0 spiro atoms. The Morgan fingerprint density at radius 2 is 1.86 bits per heavy atom. The van der Waals surface area contributed by atoms with Gasteiger partial charge in [-0.3, -0.25) is 4.72 Å². The Morgan fingerprint density at radius 3 is 2.43 bits per heavy atom. The van der Waals surface area contributed by atoms with Crippen LogP contribution >= 0.6 is 15.9 Å². The molecule has 0 aliphatic rings. The van der Waals surface area contributed by atoms with Crippen molar-refractivity contribution < 1.29 is 8.42 Å². The Hall–Kier alpha value is -1.60. The van der Waals surface area contributed by atoms with E-state index in [4.69, 9.17) is 5.73 Å². The zero-order chi connectivity index (χ0) is 15.8. The number of rotatable bonds is 3. The van der Waals surface area contributed by atoms with E-state index in [1.165, 1.54) is 6.20 Å². The van der Waals surface area contributed by atoms with Gasteiger partial charge in [0, 0.05) is 5.69 Å². The molecule has 1 heterocycles. The Kier molecular flexibility index (Phi) is 4.25. The van der Waals surface area contributed by atoms with Gasteiger partial charge in [0.15, 0.2) is 0 Å². The smallest absolute Gasteiger partial charge is 0.262 e. The molecule has 0 saturated heterocycles. The first-order chi connectivity index (χ1) is 9.72. The molecule has 0 atom stereocenters. The Bertz CT molecular complexity index is 787. The fraction of sp³-hybridized carbons (Fsp3) is 0.214. The van der Waals surface area contributed by atoms with Gasteiger partial charge in [0.2, 0.25) is 0 Å². The number of halogens is 1. The third kappa shape index (κ3) is 3.19. The summed E-state index contributed by atoms with van der Waals surface area (Å²) in [6.07, 6.45) is 1.45. The monoisotopic (exact) mass is 369 g/mol. The van der Waals surface area contributed by atoms with Gasteiger partial charge in [-0.05, 0) is 65.5 Å². The molecule has 0 fully saturated rings. The highest BCUT2D eigenvalue weighted by Gasteiger charge is 2.22. The number of pyridine rings is 1. The molecule has 1 aromatic heterocycles. The van der Waals surface area contributed by atoms with E-state index in [1.54, 1.807) is 32.0 Å². The Morgan fingerprint density at radius 1 is 1.19 bits per heavy atom. The summed E-state index contributed by atoms with van der Waals surface area (Å²) in [6, 6.07) is 5.08. The number of hydrogen-bond donors (Lipinski definition) is 2. The van der Waals surface area contributed by atoms with Crippen molar-refractivity contribution in [3.8, 4) is 0 Å². The van der Waals surface area contributed by atoms with Crippen molar-refractivity contribution in [1.29, 1.82) is 0 Å². The van der Waals surface area contributed by atoms with E-state index >= 15 is 0 Å². The van der Waals surface area contributed by atoms with E-state index in [0.717, 1.165) is 5.56 Å². The molecule has 0 aliphatic heterocycles. The first-order valence-electron chi connectivity index (χ1n) is 6.23. The molecule has 0 radical (unpaired) electrons. The van der Waals surface area contributed by atoms with Crippen LogP contribution in [0.15, 0.2) is 33.9 Å². The van der Waals surface area contributed by atoms with Crippen LogP contribution in [0.25, 0.3) is 0 Å². The zero-order valence-electron chi connectivity index (χ0n) is 11.9. The van der Waals surface area contributed by atoms with Crippen LogP contribution < -0.4 is 10.5 Å². The fourth-order valence-corrected chi connectivity index (χ4v) is 4.00. The molecule has 0 bridgehead atoms. The summed E-state index contributed by atoms with van der Waals surface area (Å²) in [7, 11) is -3.71. The number of aromatic nitrogens is 1. The molecular weight excluding hydrogens is 354 g/mol. The Labute approximate surface area is 132 Å². The number of anilines is 2. The highest BCUT2D eigenvalue weighted by Crippen LogP contribution is 2.29. The van der Waals surface area contributed by atoms with Crippen LogP contribution in [0.4, 0.5) is 11.4 Å². The SMILES string of the molecule is Cc1cc(C)c(S(=O)(=O)Nc2ccc(Br)nc2)c(C)c1N. The van der Waals surface area contributed by atoms with Crippen molar-refractivity contribution in [2.45, 2.75) is 25.7 Å². The lowest BCUT2D eigenvalue weighted by molar-refractivity contribution is 0.600. The van der Waals surface area contributed by atoms with Crippen LogP contribution in [0.1, 0.15) is 16.7 Å². The maximum Gasteiger partial charge on any atom is 0.262 e. The quantitative estimate of drug-likeness (QED) is 0.642. The molecule has 0 unspecified atom stereocenters. The largest absolute Gasteiger partial charge is 0.398 e. The molecule has 5 nitrogen and oxygen atoms in total. The molecule has 21 heavy (non-hydrogen) atoms. The predicted octanol–water partition coefficient (Wildman–Crippen LogP) is 3.15. The molecule has 0 saturated carbocycles. The minimum atomic E-state index is -3.71. The topological polar surface area (TPSA) is 85.1 Å². The third-order valence-corrected chi connectivity index (χ3v) is 5.35.